The monoisotopic (exact) mass is 286 g/mol. The summed E-state index contributed by atoms with van der Waals surface area (Å²) in [5.74, 6) is 0. The maximum Gasteiger partial charge on any atom is 0.330 e. The highest BCUT2D eigenvalue weighted by molar-refractivity contribution is 5.05. The normalized spacial score (nSPS) is 26.1. The van der Waals surface area contributed by atoms with Crippen molar-refractivity contribution in [3.63, 3.8) is 0 Å². The van der Waals surface area contributed by atoms with Gasteiger partial charge in [-0.15, -0.1) is 0 Å². The maximum absolute atomic E-state index is 11.8. The van der Waals surface area contributed by atoms with Crippen molar-refractivity contribution >= 4 is 0 Å². The first kappa shape index (κ1) is 14.9. The highest BCUT2D eigenvalue weighted by atomic mass is 16.5. The van der Waals surface area contributed by atoms with Crippen molar-refractivity contribution < 1.29 is 20.1 Å². The van der Waals surface area contributed by atoms with Gasteiger partial charge < -0.3 is 20.1 Å². The lowest BCUT2D eigenvalue weighted by Crippen LogP contribution is -2.34. The Morgan fingerprint density at radius 2 is 2.15 bits per heavy atom. The zero-order chi connectivity index (χ0) is 14.7. The predicted octanol–water partition coefficient (Wildman–Crippen LogP) is -1.90. The van der Waals surface area contributed by atoms with Gasteiger partial charge in [0.05, 0.1) is 12.7 Å². The molecule has 20 heavy (non-hydrogen) atoms. The van der Waals surface area contributed by atoms with E-state index < -0.39 is 29.7 Å². The number of nitrogens with one attached hydrogen (secondary N) is 1. The number of aryl methyl sites for hydroxylation is 1. The average molecular weight is 286 g/mol. The van der Waals surface area contributed by atoms with Crippen LogP contribution in [0.4, 0.5) is 0 Å². The smallest absolute Gasteiger partial charge is 0.330 e. The van der Waals surface area contributed by atoms with Crippen molar-refractivity contribution in [3.8, 4) is 0 Å². The Kier molecular flexibility index (Phi) is 4.71. The van der Waals surface area contributed by atoms with Crippen molar-refractivity contribution in [1.29, 1.82) is 0 Å². The zero-order valence-corrected chi connectivity index (χ0v) is 10.9. The lowest BCUT2D eigenvalue weighted by molar-refractivity contribution is -0.0460. The average Bonchev–Trinajstić information content (AvgIpc) is 2.79. The SMILES string of the molecule is O=c1[nH]c(=O)n([C@H]2C[C@H](O)[C@@H](CO)O2)cc1CCCO. The first-order valence-electron chi connectivity index (χ1n) is 6.46. The van der Waals surface area contributed by atoms with E-state index in [4.69, 9.17) is 14.9 Å². The first-order chi connectivity index (χ1) is 9.56. The Morgan fingerprint density at radius 3 is 2.75 bits per heavy atom. The topological polar surface area (TPSA) is 125 Å². The molecule has 0 bridgehead atoms. The highest BCUT2D eigenvalue weighted by Crippen LogP contribution is 2.27. The number of H-pyrrole nitrogens is 1. The number of aromatic nitrogens is 2. The first-order valence-corrected chi connectivity index (χ1v) is 6.46. The van der Waals surface area contributed by atoms with E-state index in [0.29, 0.717) is 18.4 Å². The summed E-state index contributed by atoms with van der Waals surface area (Å²) in [5.41, 5.74) is -0.750. The molecule has 0 aliphatic carbocycles. The van der Waals surface area contributed by atoms with E-state index >= 15 is 0 Å². The van der Waals surface area contributed by atoms with E-state index in [1.54, 1.807) is 0 Å². The van der Waals surface area contributed by atoms with E-state index in [9.17, 15) is 14.7 Å². The number of hydrogen-bond acceptors (Lipinski definition) is 6. The summed E-state index contributed by atoms with van der Waals surface area (Å²) in [6, 6.07) is 0. The Hall–Kier alpha value is -1.48. The summed E-state index contributed by atoms with van der Waals surface area (Å²) in [5, 5.41) is 27.5. The van der Waals surface area contributed by atoms with Gasteiger partial charge in [-0.3, -0.25) is 14.3 Å². The fourth-order valence-electron chi connectivity index (χ4n) is 2.24. The van der Waals surface area contributed by atoms with Crippen LogP contribution in [0, 0.1) is 0 Å². The van der Waals surface area contributed by atoms with Crippen molar-refractivity contribution in [1.82, 2.24) is 9.55 Å². The molecule has 1 aliphatic heterocycles. The summed E-state index contributed by atoms with van der Waals surface area (Å²) in [4.78, 5) is 25.6. The largest absolute Gasteiger partial charge is 0.396 e. The summed E-state index contributed by atoms with van der Waals surface area (Å²) < 4.78 is 6.58. The van der Waals surface area contributed by atoms with Gasteiger partial charge in [0.1, 0.15) is 12.3 Å². The van der Waals surface area contributed by atoms with Crippen molar-refractivity contribution in [2.24, 2.45) is 0 Å². The fraction of sp³-hybridized carbons (Fsp3) is 0.667. The third kappa shape index (κ3) is 2.98. The molecule has 8 heteroatoms. The van der Waals surface area contributed by atoms with Gasteiger partial charge >= 0.3 is 5.69 Å². The minimum absolute atomic E-state index is 0.0518. The van der Waals surface area contributed by atoms with Crippen LogP contribution >= 0.6 is 0 Å². The molecule has 2 heterocycles. The molecule has 1 aromatic heterocycles. The van der Waals surface area contributed by atoms with Crippen LogP contribution in [-0.2, 0) is 11.2 Å². The van der Waals surface area contributed by atoms with Gasteiger partial charge in [0, 0.05) is 24.8 Å². The summed E-state index contributed by atoms with van der Waals surface area (Å²) in [7, 11) is 0. The number of aliphatic hydroxyl groups is 3. The molecule has 0 aromatic carbocycles. The van der Waals surface area contributed by atoms with Gasteiger partial charge in [-0.1, -0.05) is 0 Å². The van der Waals surface area contributed by atoms with Crippen LogP contribution in [0.25, 0.3) is 0 Å². The summed E-state index contributed by atoms with van der Waals surface area (Å²) >= 11 is 0. The second-order valence-corrected chi connectivity index (χ2v) is 4.76. The van der Waals surface area contributed by atoms with Gasteiger partial charge in [0.25, 0.3) is 5.56 Å². The van der Waals surface area contributed by atoms with E-state index in [0.717, 1.165) is 0 Å². The van der Waals surface area contributed by atoms with Crippen LogP contribution in [0.3, 0.4) is 0 Å². The molecule has 0 radical (unpaired) electrons. The lowest BCUT2D eigenvalue weighted by atomic mass is 10.2. The Balaban J connectivity index is 2.28. The Labute approximate surface area is 114 Å². The van der Waals surface area contributed by atoms with Gasteiger partial charge in [-0.05, 0) is 12.8 Å². The molecule has 0 saturated carbocycles. The van der Waals surface area contributed by atoms with Crippen molar-refractivity contribution in [3.05, 3.63) is 32.6 Å². The minimum atomic E-state index is -0.857. The molecule has 0 spiro atoms. The molecular formula is C12H18N2O6. The fourth-order valence-corrected chi connectivity index (χ4v) is 2.24. The third-order valence-corrected chi connectivity index (χ3v) is 3.34. The third-order valence-electron chi connectivity index (χ3n) is 3.34. The van der Waals surface area contributed by atoms with Gasteiger partial charge in [0.2, 0.25) is 0 Å². The quantitative estimate of drug-likeness (QED) is 0.501. The Bertz CT molecular complexity index is 566. The molecule has 1 aliphatic rings. The van der Waals surface area contributed by atoms with Gasteiger partial charge in [-0.2, -0.15) is 0 Å². The molecule has 1 fully saturated rings. The molecular weight excluding hydrogens is 268 g/mol. The molecule has 112 valence electrons. The van der Waals surface area contributed by atoms with Crippen LogP contribution in [0.5, 0.6) is 0 Å². The minimum Gasteiger partial charge on any atom is -0.396 e. The molecule has 2 rings (SSSR count). The number of rotatable bonds is 5. The highest BCUT2D eigenvalue weighted by Gasteiger charge is 2.35. The van der Waals surface area contributed by atoms with E-state index in [1.807, 2.05) is 0 Å². The Morgan fingerprint density at radius 1 is 1.40 bits per heavy atom. The molecule has 0 amide bonds. The maximum atomic E-state index is 11.8. The second-order valence-electron chi connectivity index (χ2n) is 4.76. The predicted molar refractivity (Wildman–Crippen MR) is 68.3 cm³/mol. The lowest BCUT2D eigenvalue weighted by Gasteiger charge is -2.15. The number of aliphatic hydroxyl groups excluding tert-OH is 3. The molecule has 0 unspecified atom stereocenters. The van der Waals surface area contributed by atoms with Crippen molar-refractivity contribution in [2.75, 3.05) is 13.2 Å². The molecule has 1 aromatic rings. The second kappa shape index (κ2) is 6.31. The van der Waals surface area contributed by atoms with E-state index in [1.165, 1.54) is 10.8 Å². The number of hydrogen-bond donors (Lipinski definition) is 4. The number of ether oxygens (including phenoxy) is 1. The molecule has 3 atom stereocenters. The van der Waals surface area contributed by atoms with Crippen LogP contribution in [-0.4, -0.2) is 50.3 Å². The van der Waals surface area contributed by atoms with Crippen LogP contribution in [0.15, 0.2) is 15.8 Å². The molecule has 8 nitrogen and oxygen atoms in total. The molecule has 4 N–H and O–H groups in total. The zero-order valence-electron chi connectivity index (χ0n) is 10.9. The van der Waals surface area contributed by atoms with E-state index in [-0.39, 0.29) is 19.6 Å². The van der Waals surface area contributed by atoms with Crippen molar-refractivity contribution in [2.45, 2.75) is 37.7 Å². The van der Waals surface area contributed by atoms with Gasteiger partial charge in [-0.25, -0.2) is 4.79 Å². The van der Waals surface area contributed by atoms with Crippen LogP contribution < -0.4 is 11.2 Å². The number of nitrogens with zero attached hydrogens (tertiary/aromatic N) is 1. The number of aromatic amines is 1. The summed E-state index contributed by atoms with van der Waals surface area (Å²) in [6.45, 7) is -0.392. The standard InChI is InChI=1S/C12H18N2O6/c15-3-1-2-7-5-14(12(19)13-11(7)18)10-4-8(17)9(6-16)20-10/h5,8-10,15-17H,1-4,6H2,(H,13,18,19)/t8-,9+,10+/m0/s1. The summed E-state index contributed by atoms with van der Waals surface area (Å²) in [6.07, 6.45) is -0.0202. The van der Waals surface area contributed by atoms with Gasteiger partial charge in [0.15, 0.2) is 0 Å². The molecule has 1 saturated heterocycles. The van der Waals surface area contributed by atoms with E-state index in [2.05, 4.69) is 4.98 Å². The van der Waals surface area contributed by atoms with Crippen LogP contribution in [0.2, 0.25) is 0 Å². The van der Waals surface area contributed by atoms with Crippen LogP contribution in [0.1, 0.15) is 24.6 Å².